The molecule has 2 aromatic heterocycles. The van der Waals surface area contributed by atoms with Crippen molar-refractivity contribution in [2.24, 2.45) is 11.8 Å². The first-order valence-electron chi connectivity index (χ1n) is 11.9. The zero-order chi connectivity index (χ0) is 23.2. The van der Waals surface area contributed by atoms with Gasteiger partial charge < -0.3 is 4.90 Å². The summed E-state index contributed by atoms with van der Waals surface area (Å²) in [4.78, 5) is 20.0. The Labute approximate surface area is 191 Å². The molecule has 1 amide bonds. The molecule has 3 heterocycles. The number of rotatable bonds is 4. The Morgan fingerprint density at radius 2 is 1.69 bits per heavy atom. The van der Waals surface area contributed by atoms with E-state index in [2.05, 4.69) is 71.6 Å². The van der Waals surface area contributed by atoms with Crippen molar-refractivity contribution in [3.05, 3.63) is 51.8 Å². The number of benzene rings is 1. The van der Waals surface area contributed by atoms with E-state index in [1.807, 2.05) is 4.68 Å². The lowest BCUT2D eigenvalue weighted by molar-refractivity contribution is -0.133. The molecule has 1 aromatic carbocycles. The lowest BCUT2D eigenvalue weighted by atomic mass is 9.91. The first kappa shape index (κ1) is 22.5. The second-order valence-electron chi connectivity index (χ2n) is 10.0. The lowest BCUT2D eigenvalue weighted by Crippen LogP contribution is -2.42. The Kier molecular flexibility index (Phi) is 6.11. The number of amides is 1. The van der Waals surface area contributed by atoms with Gasteiger partial charge >= 0.3 is 0 Å². The number of pyridine rings is 1. The topological polar surface area (TPSA) is 51.0 Å². The van der Waals surface area contributed by atoms with E-state index in [1.54, 1.807) is 0 Å². The SMILES string of the molecule is Cc1ccc(-n2nc(C)c3c(C)c(CCC(=O)N4C[C@H](C)C[C@@H](C)C4)c(C)nc32)cc1C. The van der Waals surface area contributed by atoms with Crippen molar-refractivity contribution in [3.63, 3.8) is 0 Å². The van der Waals surface area contributed by atoms with E-state index in [0.29, 0.717) is 18.3 Å². The molecule has 0 aliphatic carbocycles. The Bertz CT molecular complexity index is 1170. The number of aryl methyl sites for hydroxylation is 5. The van der Waals surface area contributed by atoms with Gasteiger partial charge in [-0.3, -0.25) is 4.79 Å². The van der Waals surface area contributed by atoms with Crippen molar-refractivity contribution in [1.82, 2.24) is 19.7 Å². The predicted molar refractivity (Wildman–Crippen MR) is 130 cm³/mol. The minimum atomic E-state index is 0.268. The van der Waals surface area contributed by atoms with Gasteiger partial charge in [-0.1, -0.05) is 19.9 Å². The highest BCUT2D eigenvalue weighted by molar-refractivity contribution is 5.85. The molecule has 32 heavy (non-hydrogen) atoms. The summed E-state index contributed by atoms with van der Waals surface area (Å²) in [5.74, 6) is 1.44. The number of likely N-dealkylation sites (tertiary alicyclic amines) is 1. The lowest BCUT2D eigenvalue weighted by Gasteiger charge is -2.35. The highest BCUT2D eigenvalue weighted by Gasteiger charge is 2.26. The average molecular weight is 433 g/mol. The monoisotopic (exact) mass is 432 g/mol. The summed E-state index contributed by atoms with van der Waals surface area (Å²) in [5.41, 5.74) is 8.81. The standard InChI is InChI=1S/C27H36N4O/c1-16-12-17(2)15-30(14-16)25(32)11-10-24-20(5)26-22(7)29-31(27(26)28-21(24)6)23-9-8-18(3)19(4)13-23/h8-9,13,16-17H,10-12,14-15H2,1-7H3/t16-,17-/m1/s1. The van der Waals surface area contributed by atoms with Crippen LogP contribution < -0.4 is 0 Å². The van der Waals surface area contributed by atoms with Gasteiger partial charge in [0.05, 0.1) is 11.4 Å². The highest BCUT2D eigenvalue weighted by atomic mass is 16.2. The third-order valence-corrected chi connectivity index (χ3v) is 7.12. The molecule has 0 unspecified atom stereocenters. The van der Waals surface area contributed by atoms with Crippen LogP contribution in [0, 0.1) is 46.5 Å². The molecule has 0 N–H and O–H groups in total. The van der Waals surface area contributed by atoms with E-state index in [1.165, 1.54) is 28.7 Å². The van der Waals surface area contributed by atoms with Gasteiger partial charge in [0.1, 0.15) is 0 Å². The van der Waals surface area contributed by atoms with E-state index in [-0.39, 0.29) is 5.91 Å². The average Bonchev–Trinajstić information content (AvgIpc) is 3.05. The maximum Gasteiger partial charge on any atom is 0.222 e. The van der Waals surface area contributed by atoms with Crippen molar-refractivity contribution >= 4 is 16.9 Å². The Hall–Kier alpha value is -2.69. The number of carbonyl (C=O) groups is 1. The number of aromatic nitrogens is 3. The quantitative estimate of drug-likeness (QED) is 0.555. The van der Waals surface area contributed by atoms with Gasteiger partial charge in [0, 0.05) is 30.6 Å². The van der Waals surface area contributed by atoms with Gasteiger partial charge in [-0.15, -0.1) is 0 Å². The molecule has 1 aliphatic heterocycles. The molecule has 0 bridgehead atoms. The molecule has 4 rings (SSSR count). The molecule has 3 aromatic rings. The summed E-state index contributed by atoms with van der Waals surface area (Å²) in [6.45, 7) is 16.8. The number of hydrogen-bond donors (Lipinski definition) is 0. The summed E-state index contributed by atoms with van der Waals surface area (Å²) in [6.07, 6.45) is 2.48. The fourth-order valence-electron chi connectivity index (χ4n) is 5.37. The predicted octanol–water partition coefficient (Wildman–Crippen LogP) is 5.40. The van der Waals surface area contributed by atoms with Crippen LogP contribution in [0.5, 0.6) is 0 Å². The second kappa shape index (κ2) is 8.68. The summed E-state index contributed by atoms with van der Waals surface area (Å²) in [5, 5.41) is 5.95. The van der Waals surface area contributed by atoms with Crippen molar-refractivity contribution in [3.8, 4) is 5.69 Å². The van der Waals surface area contributed by atoms with Crippen LogP contribution in [0.1, 0.15) is 60.3 Å². The normalized spacial score (nSPS) is 19.0. The van der Waals surface area contributed by atoms with Crippen LogP contribution in [0.15, 0.2) is 18.2 Å². The highest BCUT2D eigenvalue weighted by Crippen LogP contribution is 2.29. The first-order chi connectivity index (χ1) is 15.2. The molecule has 5 nitrogen and oxygen atoms in total. The number of fused-ring (bicyclic) bond motifs is 1. The third-order valence-electron chi connectivity index (χ3n) is 7.12. The second-order valence-corrected chi connectivity index (χ2v) is 10.0. The van der Waals surface area contributed by atoms with Gasteiger partial charge in [0.2, 0.25) is 5.91 Å². The van der Waals surface area contributed by atoms with Crippen LogP contribution in [0.3, 0.4) is 0 Å². The molecule has 1 fully saturated rings. The summed E-state index contributed by atoms with van der Waals surface area (Å²) < 4.78 is 1.96. The Balaban J connectivity index is 1.63. The summed E-state index contributed by atoms with van der Waals surface area (Å²) >= 11 is 0. The van der Waals surface area contributed by atoms with Crippen LogP contribution in [0.2, 0.25) is 0 Å². The molecular formula is C27H36N4O. The van der Waals surface area contributed by atoms with Gasteiger partial charge in [-0.05, 0) is 93.7 Å². The van der Waals surface area contributed by atoms with Crippen LogP contribution in [-0.4, -0.2) is 38.7 Å². The zero-order valence-corrected chi connectivity index (χ0v) is 20.6. The van der Waals surface area contributed by atoms with E-state index in [4.69, 9.17) is 10.1 Å². The Morgan fingerprint density at radius 1 is 1.00 bits per heavy atom. The van der Waals surface area contributed by atoms with E-state index in [0.717, 1.165) is 47.6 Å². The number of hydrogen-bond acceptors (Lipinski definition) is 3. The summed E-state index contributed by atoms with van der Waals surface area (Å²) in [6, 6.07) is 6.41. The van der Waals surface area contributed by atoms with Crippen LogP contribution in [-0.2, 0) is 11.2 Å². The molecule has 170 valence electrons. The van der Waals surface area contributed by atoms with Gasteiger partial charge in [-0.2, -0.15) is 5.10 Å². The summed E-state index contributed by atoms with van der Waals surface area (Å²) in [7, 11) is 0. The molecule has 0 spiro atoms. The van der Waals surface area contributed by atoms with Gasteiger partial charge in [-0.25, -0.2) is 9.67 Å². The maximum absolute atomic E-state index is 13.0. The fourth-order valence-corrected chi connectivity index (χ4v) is 5.37. The molecule has 2 atom stereocenters. The van der Waals surface area contributed by atoms with Crippen molar-refractivity contribution in [1.29, 1.82) is 0 Å². The zero-order valence-electron chi connectivity index (χ0n) is 20.6. The van der Waals surface area contributed by atoms with Crippen LogP contribution in [0.25, 0.3) is 16.7 Å². The maximum atomic E-state index is 13.0. The molecule has 5 heteroatoms. The van der Waals surface area contributed by atoms with Crippen molar-refractivity contribution < 1.29 is 4.79 Å². The van der Waals surface area contributed by atoms with E-state index in [9.17, 15) is 4.79 Å². The van der Waals surface area contributed by atoms with E-state index < -0.39 is 0 Å². The number of piperidine rings is 1. The molecule has 0 saturated carbocycles. The van der Waals surface area contributed by atoms with Crippen molar-refractivity contribution in [2.45, 2.75) is 67.7 Å². The number of nitrogens with zero attached hydrogens (tertiary/aromatic N) is 4. The minimum Gasteiger partial charge on any atom is -0.342 e. The van der Waals surface area contributed by atoms with Crippen molar-refractivity contribution in [2.75, 3.05) is 13.1 Å². The van der Waals surface area contributed by atoms with Gasteiger partial charge in [0.25, 0.3) is 0 Å². The molecule has 1 saturated heterocycles. The molecule has 1 aliphatic rings. The van der Waals surface area contributed by atoms with E-state index >= 15 is 0 Å². The Morgan fingerprint density at radius 3 is 2.34 bits per heavy atom. The van der Waals surface area contributed by atoms with Crippen LogP contribution >= 0.6 is 0 Å². The molecular weight excluding hydrogens is 396 g/mol. The largest absolute Gasteiger partial charge is 0.342 e. The van der Waals surface area contributed by atoms with Gasteiger partial charge in [0.15, 0.2) is 5.65 Å². The van der Waals surface area contributed by atoms with Crippen LogP contribution in [0.4, 0.5) is 0 Å². The fraction of sp³-hybridized carbons (Fsp3) is 0.519. The number of carbonyl (C=O) groups excluding carboxylic acids is 1. The molecule has 0 radical (unpaired) electrons. The smallest absolute Gasteiger partial charge is 0.222 e. The minimum absolute atomic E-state index is 0.268. The third kappa shape index (κ3) is 4.17. The first-order valence-corrected chi connectivity index (χ1v) is 11.9.